The fourth-order valence-corrected chi connectivity index (χ4v) is 1.23. The molecule has 6 heteroatoms. The number of aromatic nitrogens is 2. The van der Waals surface area contributed by atoms with Crippen LogP contribution in [0.4, 0.5) is 0 Å². The van der Waals surface area contributed by atoms with Crippen molar-refractivity contribution < 1.29 is 14.3 Å². The van der Waals surface area contributed by atoms with Crippen LogP contribution in [0.15, 0.2) is 6.07 Å². The van der Waals surface area contributed by atoms with Gasteiger partial charge in [-0.2, -0.15) is 5.10 Å². The molecule has 0 atom stereocenters. The van der Waals surface area contributed by atoms with Crippen LogP contribution >= 0.6 is 0 Å². The Morgan fingerprint density at radius 2 is 2.29 bits per heavy atom. The topological polar surface area (TPSA) is 76.2 Å². The maximum atomic E-state index is 11.6. The average Bonchev–Trinajstić information content (AvgIpc) is 2.82. The quantitative estimate of drug-likeness (QED) is 0.644. The van der Waals surface area contributed by atoms with Gasteiger partial charge in [-0.15, -0.1) is 0 Å². The smallest absolute Gasteiger partial charge is 0.271 e. The van der Waals surface area contributed by atoms with Crippen LogP contribution in [0, 0.1) is 0 Å². The van der Waals surface area contributed by atoms with Crippen molar-refractivity contribution in [1.29, 1.82) is 0 Å². The van der Waals surface area contributed by atoms with E-state index in [1.165, 1.54) is 0 Å². The number of aryl methyl sites for hydroxylation is 1. The summed E-state index contributed by atoms with van der Waals surface area (Å²) in [5.41, 5.74) is 1.37. The molecule has 6 nitrogen and oxygen atoms in total. The van der Waals surface area contributed by atoms with Gasteiger partial charge in [0.1, 0.15) is 5.69 Å². The molecule has 1 aromatic heterocycles. The van der Waals surface area contributed by atoms with Gasteiger partial charge in [-0.1, -0.05) is 6.92 Å². The van der Waals surface area contributed by atoms with Gasteiger partial charge >= 0.3 is 0 Å². The average molecular weight is 241 g/mol. The fraction of sp³-hybridized carbons (Fsp3) is 0.636. The van der Waals surface area contributed by atoms with Gasteiger partial charge in [-0.25, -0.2) is 0 Å². The largest absolute Gasteiger partial charge is 0.382 e. The van der Waals surface area contributed by atoms with Crippen molar-refractivity contribution in [1.82, 2.24) is 15.5 Å². The number of amides is 1. The van der Waals surface area contributed by atoms with Crippen molar-refractivity contribution >= 4 is 5.91 Å². The Kier molecular flexibility index (Phi) is 6.27. The van der Waals surface area contributed by atoms with Crippen LogP contribution < -0.4 is 5.32 Å². The van der Waals surface area contributed by atoms with Gasteiger partial charge in [0.15, 0.2) is 0 Å². The molecule has 17 heavy (non-hydrogen) atoms. The molecule has 1 heterocycles. The van der Waals surface area contributed by atoms with Gasteiger partial charge in [0.05, 0.1) is 19.8 Å². The number of aromatic amines is 1. The lowest BCUT2D eigenvalue weighted by atomic mass is 10.3. The Balaban J connectivity index is 2.16. The summed E-state index contributed by atoms with van der Waals surface area (Å²) in [6.07, 6.45) is 0.834. The zero-order chi connectivity index (χ0) is 12.5. The normalized spacial score (nSPS) is 10.5. The van der Waals surface area contributed by atoms with Crippen molar-refractivity contribution in [2.24, 2.45) is 0 Å². The van der Waals surface area contributed by atoms with Crippen LogP contribution in [0.25, 0.3) is 0 Å². The standard InChI is InChI=1S/C11H19N3O3/c1-3-9-8-10(14-13-9)11(15)12-4-5-17-7-6-16-2/h8H,3-7H2,1-2H3,(H,12,15)(H,13,14). The Labute approximate surface area is 101 Å². The van der Waals surface area contributed by atoms with Crippen molar-refractivity contribution in [3.05, 3.63) is 17.5 Å². The Bertz CT molecular complexity index is 338. The van der Waals surface area contributed by atoms with Crippen LogP contribution in [-0.2, 0) is 15.9 Å². The Morgan fingerprint density at radius 3 is 2.94 bits per heavy atom. The maximum absolute atomic E-state index is 11.6. The zero-order valence-corrected chi connectivity index (χ0v) is 10.3. The van der Waals surface area contributed by atoms with Crippen LogP contribution in [0.2, 0.25) is 0 Å². The van der Waals surface area contributed by atoms with Crippen LogP contribution in [0.1, 0.15) is 23.1 Å². The highest BCUT2D eigenvalue weighted by Gasteiger charge is 2.08. The van der Waals surface area contributed by atoms with Gasteiger partial charge in [-0.3, -0.25) is 9.89 Å². The predicted molar refractivity (Wildman–Crippen MR) is 63.0 cm³/mol. The molecule has 0 bridgehead atoms. The van der Waals surface area contributed by atoms with Crippen molar-refractivity contribution in [2.75, 3.05) is 33.5 Å². The summed E-state index contributed by atoms with van der Waals surface area (Å²) in [5, 5.41) is 9.44. The molecule has 0 saturated heterocycles. The van der Waals surface area contributed by atoms with E-state index in [0.29, 0.717) is 32.1 Å². The third kappa shape index (κ3) is 4.97. The summed E-state index contributed by atoms with van der Waals surface area (Å²) >= 11 is 0. The highest BCUT2D eigenvalue weighted by molar-refractivity contribution is 5.92. The highest BCUT2D eigenvalue weighted by Crippen LogP contribution is 1.99. The molecule has 0 radical (unpaired) electrons. The van der Waals surface area contributed by atoms with Gasteiger partial charge in [0.2, 0.25) is 0 Å². The third-order valence-corrected chi connectivity index (χ3v) is 2.21. The van der Waals surface area contributed by atoms with Crippen molar-refractivity contribution in [3.8, 4) is 0 Å². The molecule has 0 aromatic carbocycles. The number of carbonyl (C=O) groups is 1. The first-order valence-corrected chi connectivity index (χ1v) is 5.67. The first kappa shape index (κ1) is 13.7. The molecule has 0 aliphatic carbocycles. The highest BCUT2D eigenvalue weighted by atomic mass is 16.5. The summed E-state index contributed by atoms with van der Waals surface area (Å²) in [7, 11) is 1.62. The second kappa shape index (κ2) is 7.81. The SMILES string of the molecule is CCc1cc(C(=O)NCCOCCOC)n[nH]1. The summed E-state index contributed by atoms with van der Waals surface area (Å²) in [6.45, 7) is 4.04. The molecule has 0 spiro atoms. The van der Waals surface area contributed by atoms with E-state index in [1.54, 1.807) is 13.2 Å². The molecular weight excluding hydrogens is 222 g/mol. The minimum absolute atomic E-state index is 0.184. The zero-order valence-electron chi connectivity index (χ0n) is 10.3. The van der Waals surface area contributed by atoms with E-state index in [-0.39, 0.29) is 5.91 Å². The molecule has 1 rings (SSSR count). The van der Waals surface area contributed by atoms with Crippen molar-refractivity contribution in [3.63, 3.8) is 0 Å². The molecule has 1 amide bonds. The number of rotatable bonds is 8. The van der Waals surface area contributed by atoms with E-state index in [4.69, 9.17) is 9.47 Å². The second-order valence-corrected chi connectivity index (χ2v) is 3.49. The van der Waals surface area contributed by atoms with Gasteiger partial charge < -0.3 is 14.8 Å². The predicted octanol–water partition coefficient (Wildman–Crippen LogP) is 0.365. The van der Waals surface area contributed by atoms with Crippen molar-refractivity contribution in [2.45, 2.75) is 13.3 Å². The van der Waals surface area contributed by atoms with Gasteiger partial charge in [-0.05, 0) is 12.5 Å². The molecule has 0 aliphatic heterocycles. The molecule has 1 aromatic rings. The first-order chi connectivity index (χ1) is 8.27. The maximum Gasteiger partial charge on any atom is 0.271 e. The third-order valence-electron chi connectivity index (χ3n) is 2.21. The molecule has 2 N–H and O–H groups in total. The molecule has 0 saturated carbocycles. The van der Waals surface area contributed by atoms with E-state index in [1.807, 2.05) is 6.92 Å². The number of H-pyrrole nitrogens is 1. The van der Waals surface area contributed by atoms with E-state index in [9.17, 15) is 4.79 Å². The van der Waals surface area contributed by atoms with E-state index in [2.05, 4.69) is 15.5 Å². The second-order valence-electron chi connectivity index (χ2n) is 3.49. The number of carbonyl (C=O) groups excluding carboxylic acids is 1. The lowest BCUT2D eigenvalue weighted by Gasteiger charge is -2.04. The van der Waals surface area contributed by atoms with E-state index in [0.717, 1.165) is 12.1 Å². The van der Waals surface area contributed by atoms with E-state index < -0.39 is 0 Å². The van der Waals surface area contributed by atoms with Crippen LogP contribution in [0.3, 0.4) is 0 Å². The minimum Gasteiger partial charge on any atom is -0.382 e. The summed E-state index contributed by atoms with van der Waals surface area (Å²) in [6, 6.07) is 1.75. The lowest BCUT2D eigenvalue weighted by molar-refractivity contribution is 0.0692. The monoisotopic (exact) mass is 241 g/mol. The molecule has 96 valence electrons. The molecule has 0 aliphatic rings. The van der Waals surface area contributed by atoms with Crippen LogP contribution in [0.5, 0.6) is 0 Å². The number of nitrogens with one attached hydrogen (secondary N) is 2. The lowest BCUT2D eigenvalue weighted by Crippen LogP contribution is -2.27. The Morgan fingerprint density at radius 1 is 1.47 bits per heavy atom. The molecular formula is C11H19N3O3. The van der Waals surface area contributed by atoms with Crippen LogP contribution in [-0.4, -0.2) is 49.6 Å². The first-order valence-electron chi connectivity index (χ1n) is 5.67. The number of nitrogens with zero attached hydrogens (tertiary/aromatic N) is 1. The summed E-state index contributed by atoms with van der Waals surface area (Å²) in [5.74, 6) is -0.184. The van der Waals surface area contributed by atoms with Gasteiger partial charge in [0, 0.05) is 19.3 Å². The van der Waals surface area contributed by atoms with Gasteiger partial charge in [0.25, 0.3) is 5.91 Å². The molecule has 0 fully saturated rings. The number of ether oxygens (including phenoxy) is 2. The van der Waals surface area contributed by atoms with E-state index >= 15 is 0 Å². The number of hydrogen-bond donors (Lipinski definition) is 2. The summed E-state index contributed by atoms with van der Waals surface area (Å²) < 4.78 is 10.0. The minimum atomic E-state index is -0.184. The Hall–Kier alpha value is -1.40. The fourth-order valence-electron chi connectivity index (χ4n) is 1.23. The molecule has 0 unspecified atom stereocenters. The number of hydrogen-bond acceptors (Lipinski definition) is 4. The number of methoxy groups -OCH3 is 1. The summed E-state index contributed by atoms with van der Waals surface area (Å²) in [4.78, 5) is 11.6.